The topological polar surface area (TPSA) is 78.9 Å². The summed E-state index contributed by atoms with van der Waals surface area (Å²) in [5.74, 6) is -1.02. The summed E-state index contributed by atoms with van der Waals surface area (Å²) in [4.78, 5) is 24.7. The van der Waals surface area contributed by atoms with E-state index in [0.717, 1.165) is 0 Å². The summed E-state index contributed by atoms with van der Waals surface area (Å²) in [6, 6.07) is 5.95. The SMILES string of the molecule is C[C@@H]1CN(C(=O)Nc2cccc(C(=O)O)c2)C[C@H](C)O1. The number of nitrogens with zero attached hydrogens (tertiary/aromatic N) is 1. The normalized spacial score (nSPS) is 22.4. The Morgan fingerprint density at radius 1 is 1.30 bits per heavy atom. The zero-order chi connectivity index (χ0) is 14.7. The standard InChI is InChI=1S/C14H18N2O4/c1-9-7-16(8-10(2)20-9)14(19)15-12-5-3-4-11(6-12)13(17)18/h3-6,9-10H,7-8H2,1-2H3,(H,15,19)(H,17,18)/t9-,10+. The molecule has 0 radical (unpaired) electrons. The summed E-state index contributed by atoms with van der Waals surface area (Å²) in [7, 11) is 0. The second-order valence-corrected chi connectivity index (χ2v) is 4.98. The summed E-state index contributed by atoms with van der Waals surface area (Å²) >= 11 is 0. The van der Waals surface area contributed by atoms with Crippen LogP contribution in [0.25, 0.3) is 0 Å². The minimum atomic E-state index is -1.02. The van der Waals surface area contributed by atoms with E-state index in [1.807, 2.05) is 13.8 Å². The maximum Gasteiger partial charge on any atom is 0.335 e. The van der Waals surface area contributed by atoms with Gasteiger partial charge < -0.3 is 20.1 Å². The fourth-order valence-electron chi connectivity index (χ4n) is 2.28. The largest absolute Gasteiger partial charge is 0.478 e. The summed E-state index contributed by atoms with van der Waals surface area (Å²) in [6.45, 7) is 4.88. The number of amides is 2. The van der Waals surface area contributed by atoms with E-state index in [0.29, 0.717) is 18.8 Å². The Morgan fingerprint density at radius 3 is 2.55 bits per heavy atom. The smallest absolute Gasteiger partial charge is 0.335 e. The zero-order valence-corrected chi connectivity index (χ0v) is 11.5. The third kappa shape index (κ3) is 3.48. The van der Waals surface area contributed by atoms with Crippen LogP contribution in [0.1, 0.15) is 24.2 Å². The molecule has 2 N–H and O–H groups in total. The maximum atomic E-state index is 12.2. The number of aromatic carboxylic acids is 1. The number of carbonyl (C=O) groups excluding carboxylic acids is 1. The molecular weight excluding hydrogens is 260 g/mol. The van der Waals surface area contributed by atoms with Crippen LogP contribution < -0.4 is 5.32 Å². The van der Waals surface area contributed by atoms with Crippen molar-refractivity contribution in [2.24, 2.45) is 0 Å². The van der Waals surface area contributed by atoms with E-state index < -0.39 is 5.97 Å². The fourth-order valence-corrected chi connectivity index (χ4v) is 2.28. The van der Waals surface area contributed by atoms with Gasteiger partial charge in [0.05, 0.1) is 17.8 Å². The van der Waals surface area contributed by atoms with Crippen molar-refractivity contribution in [3.05, 3.63) is 29.8 Å². The van der Waals surface area contributed by atoms with Crippen molar-refractivity contribution in [2.45, 2.75) is 26.1 Å². The van der Waals surface area contributed by atoms with Crippen LogP contribution in [0.5, 0.6) is 0 Å². The molecule has 20 heavy (non-hydrogen) atoms. The van der Waals surface area contributed by atoms with E-state index in [9.17, 15) is 9.59 Å². The van der Waals surface area contributed by atoms with E-state index in [2.05, 4.69) is 5.32 Å². The Hall–Kier alpha value is -2.08. The molecule has 0 spiro atoms. The van der Waals surface area contributed by atoms with Crippen molar-refractivity contribution in [1.82, 2.24) is 4.90 Å². The first kappa shape index (κ1) is 14.3. The van der Waals surface area contributed by atoms with Crippen LogP contribution in [0.2, 0.25) is 0 Å². The highest BCUT2D eigenvalue weighted by Gasteiger charge is 2.25. The van der Waals surface area contributed by atoms with Crippen molar-refractivity contribution in [3.63, 3.8) is 0 Å². The van der Waals surface area contributed by atoms with Gasteiger partial charge >= 0.3 is 12.0 Å². The first-order valence-corrected chi connectivity index (χ1v) is 6.50. The molecule has 0 aromatic heterocycles. The molecule has 2 atom stereocenters. The first-order chi connectivity index (χ1) is 9.45. The molecule has 6 nitrogen and oxygen atoms in total. The number of carbonyl (C=O) groups is 2. The molecule has 1 aliphatic rings. The third-order valence-electron chi connectivity index (χ3n) is 3.07. The molecule has 6 heteroatoms. The predicted molar refractivity (Wildman–Crippen MR) is 74.0 cm³/mol. The van der Waals surface area contributed by atoms with Gasteiger partial charge in [0.2, 0.25) is 0 Å². The zero-order valence-electron chi connectivity index (χ0n) is 11.5. The van der Waals surface area contributed by atoms with E-state index in [1.54, 1.807) is 17.0 Å². The van der Waals surface area contributed by atoms with E-state index in [-0.39, 0.29) is 23.8 Å². The maximum absolute atomic E-state index is 12.2. The van der Waals surface area contributed by atoms with Gasteiger partial charge in [-0.2, -0.15) is 0 Å². The van der Waals surface area contributed by atoms with Crippen LogP contribution in [-0.4, -0.2) is 47.3 Å². The van der Waals surface area contributed by atoms with E-state index in [4.69, 9.17) is 9.84 Å². The van der Waals surface area contributed by atoms with Crippen LogP contribution >= 0.6 is 0 Å². The molecule has 1 aromatic rings. The Morgan fingerprint density at radius 2 is 1.95 bits per heavy atom. The lowest BCUT2D eigenvalue weighted by Crippen LogP contribution is -2.49. The first-order valence-electron chi connectivity index (χ1n) is 6.50. The minimum Gasteiger partial charge on any atom is -0.478 e. The van der Waals surface area contributed by atoms with Gasteiger partial charge in [0.15, 0.2) is 0 Å². The van der Waals surface area contributed by atoms with Crippen molar-refractivity contribution in [3.8, 4) is 0 Å². The summed E-state index contributed by atoms with van der Waals surface area (Å²) in [5, 5.41) is 11.6. The number of hydrogen-bond donors (Lipinski definition) is 2. The predicted octanol–water partition coefficient (Wildman–Crippen LogP) is 2.03. The number of ether oxygens (including phenoxy) is 1. The lowest BCUT2D eigenvalue weighted by molar-refractivity contribution is -0.0530. The number of anilines is 1. The molecule has 0 unspecified atom stereocenters. The van der Waals surface area contributed by atoms with Crippen LogP contribution in [0.3, 0.4) is 0 Å². The third-order valence-corrected chi connectivity index (χ3v) is 3.07. The van der Waals surface area contributed by atoms with Crippen molar-refractivity contribution < 1.29 is 19.4 Å². The van der Waals surface area contributed by atoms with Crippen LogP contribution in [-0.2, 0) is 4.74 Å². The number of nitrogens with one attached hydrogen (secondary N) is 1. The number of carboxylic acids is 1. The summed E-state index contributed by atoms with van der Waals surface area (Å²) in [5.41, 5.74) is 0.619. The Balaban J connectivity index is 2.04. The van der Waals surface area contributed by atoms with Gasteiger partial charge in [-0.05, 0) is 32.0 Å². The van der Waals surface area contributed by atoms with Gasteiger partial charge in [0.25, 0.3) is 0 Å². The molecule has 1 saturated heterocycles. The van der Waals surface area contributed by atoms with Crippen LogP contribution in [0.4, 0.5) is 10.5 Å². The monoisotopic (exact) mass is 278 g/mol. The molecule has 2 amide bonds. The molecule has 0 aliphatic carbocycles. The average Bonchev–Trinajstić information content (AvgIpc) is 2.37. The number of benzene rings is 1. The molecule has 0 saturated carbocycles. The highest BCUT2D eigenvalue weighted by molar-refractivity contribution is 5.93. The lowest BCUT2D eigenvalue weighted by Gasteiger charge is -2.35. The van der Waals surface area contributed by atoms with Crippen molar-refractivity contribution >= 4 is 17.7 Å². The molecule has 2 rings (SSSR count). The Kier molecular flexibility index (Phi) is 4.24. The second kappa shape index (κ2) is 5.92. The number of rotatable bonds is 2. The summed E-state index contributed by atoms with van der Waals surface area (Å²) < 4.78 is 5.57. The number of urea groups is 1. The quantitative estimate of drug-likeness (QED) is 0.867. The van der Waals surface area contributed by atoms with Gasteiger partial charge in [0, 0.05) is 18.8 Å². The average molecular weight is 278 g/mol. The molecule has 0 bridgehead atoms. The number of carboxylic acid groups (broad SMARTS) is 1. The lowest BCUT2D eigenvalue weighted by atomic mass is 10.2. The van der Waals surface area contributed by atoms with Gasteiger partial charge in [-0.3, -0.25) is 0 Å². The van der Waals surface area contributed by atoms with Crippen LogP contribution in [0, 0.1) is 0 Å². The molecule has 1 heterocycles. The highest BCUT2D eigenvalue weighted by Crippen LogP contribution is 2.15. The Labute approximate surface area is 117 Å². The fraction of sp³-hybridized carbons (Fsp3) is 0.429. The molecule has 1 aliphatic heterocycles. The number of morpholine rings is 1. The molecule has 1 fully saturated rings. The van der Waals surface area contributed by atoms with Gasteiger partial charge in [0.1, 0.15) is 0 Å². The molecule has 108 valence electrons. The highest BCUT2D eigenvalue weighted by atomic mass is 16.5. The van der Waals surface area contributed by atoms with Crippen molar-refractivity contribution in [2.75, 3.05) is 18.4 Å². The molecule has 1 aromatic carbocycles. The molecular formula is C14H18N2O4. The van der Waals surface area contributed by atoms with Crippen molar-refractivity contribution in [1.29, 1.82) is 0 Å². The van der Waals surface area contributed by atoms with Gasteiger partial charge in [-0.1, -0.05) is 6.07 Å². The van der Waals surface area contributed by atoms with Gasteiger partial charge in [-0.15, -0.1) is 0 Å². The number of hydrogen-bond acceptors (Lipinski definition) is 3. The van der Waals surface area contributed by atoms with E-state index in [1.165, 1.54) is 12.1 Å². The van der Waals surface area contributed by atoms with E-state index >= 15 is 0 Å². The van der Waals surface area contributed by atoms with Gasteiger partial charge in [-0.25, -0.2) is 9.59 Å². The van der Waals surface area contributed by atoms with Crippen LogP contribution in [0.15, 0.2) is 24.3 Å². The minimum absolute atomic E-state index is 0.00476. The Bertz CT molecular complexity index is 508. The summed E-state index contributed by atoms with van der Waals surface area (Å²) in [6.07, 6.45) is -0.00953. The second-order valence-electron chi connectivity index (χ2n) is 4.98.